The fourth-order valence-corrected chi connectivity index (χ4v) is 5.06. The molecule has 4 rings (SSSR count). The van der Waals surface area contributed by atoms with E-state index in [0.29, 0.717) is 43.9 Å². The normalized spacial score (nSPS) is 25.8. The molecule has 3 aliphatic rings. The maximum absolute atomic E-state index is 13.4. The standard InChI is InChI=1S/C21H29ClN4O3/c1-14-8-24(17(7-23-14)10-29-3)9-20(28)26-13-21(11-25(12-21)15(2)27)18-5-4-16(22)6-19(18)26/h4-6,14,17,23H,7-13H2,1-3H3/t14-,17-/m1/s1. The van der Waals surface area contributed by atoms with Gasteiger partial charge in [-0.1, -0.05) is 17.7 Å². The maximum atomic E-state index is 13.4. The predicted molar refractivity (Wildman–Crippen MR) is 112 cm³/mol. The van der Waals surface area contributed by atoms with E-state index in [1.807, 2.05) is 28.0 Å². The van der Waals surface area contributed by atoms with Gasteiger partial charge in [-0.2, -0.15) is 0 Å². The van der Waals surface area contributed by atoms with Gasteiger partial charge in [0.05, 0.1) is 18.6 Å². The van der Waals surface area contributed by atoms with Crippen LogP contribution in [0.2, 0.25) is 5.02 Å². The number of hydrogen-bond donors (Lipinski definition) is 1. The van der Waals surface area contributed by atoms with Crippen LogP contribution in [0.1, 0.15) is 19.4 Å². The van der Waals surface area contributed by atoms with Gasteiger partial charge in [0.25, 0.3) is 0 Å². The first-order valence-corrected chi connectivity index (χ1v) is 10.5. The second-order valence-electron chi connectivity index (χ2n) is 8.64. The Morgan fingerprint density at radius 1 is 1.31 bits per heavy atom. The summed E-state index contributed by atoms with van der Waals surface area (Å²) < 4.78 is 5.36. The molecule has 1 spiro atoms. The Morgan fingerprint density at radius 2 is 2.07 bits per heavy atom. The molecule has 0 radical (unpaired) electrons. The molecule has 3 heterocycles. The number of fused-ring (bicyclic) bond motifs is 2. The van der Waals surface area contributed by atoms with Gasteiger partial charge in [0, 0.05) is 69.6 Å². The van der Waals surface area contributed by atoms with Crippen molar-refractivity contribution in [2.24, 2.45) is 0 Å². The van der Waals surface area contributed by atoms with E-state index in [1.165, 1.54) is 0 Å². The minimum atomic E-state index is -0.177. The van der Waals surface area contributed by atoms with Crippen LogP contribution in [-0.2, 0) is 19.7 Å². The van der Waals surface area contributed by atoms with Gasteiger partial charge in [0.15, 0.2) is 0 Å². The molecule has 2 fully saturated rings. The van der Waals surface area contributed by atoms with Crippen LogP contribution in [0.4, 0.5) is 5.69 Å². The molecule has 29 heavy (non-hydrogen) atoms. The van der Waals surface area contributed by atoms with E-state index in [9.17, 15) is 9.59 Å². The third-order valence-electron chi connectivity index (χ3n) is 6.44. The van der Waals surface area contributed by atoms with Crippen LogP contribution in [0.15, 0.2) is 18.2 Å². The zero-order valence-electron chi connectivity index (χ0n) is 17.3. The molecule has 0 unspecified atom stereocenters. The zero-order chi connectivity index (χ0) is 20.8. The third-order valence-corrected chi connectivity index (χ3v) is 6.68. The van der Waals surface area contributed by atoms with Gasteiger partial charge in [-0.3, -0.25) is 14.5 Å². The Morgan fingerprint density at radius 3 is 2.76 bits per heavy atom. The summed E-state index contributed by atoms with van der Waals surface area (Å²) in [6.45, 7) is 8.17. The van der Waals surface area contributed by atoms with Crippen LogP contribution >= 0.6 is 11.6 Å². The number of anilines is 1. The van der Waals surface area contributed by atoms with Crippen LogP contribution in [0.5, 0.6) is 0 Å². The minimum Gasteiger partial charge on any atom is -0.383 e. The molecule has 0 saturated carbocycles. The first-order valence-electron chi connectivity index (χ1n) is 10.2. The van der Waals surface area contributed by atoms with Crippen molar-refractivity contribution in [2.75, 3.05) is 57.9 Å². The number of hydrogen-bond acceptors (Lipinski definition) is 5. The first kappa shape index (κ1) is 20.6. The zero-order valence-corrected chi connectivity index (χ0v) is 18.0. The fourth-order valence-electron chi connectivity index (χ4n) is 4.89. The van der Waals surface area contributed by atoms with E-state index in [4.69, 9.17) is 16.3 Å². The van der Waals surface area contributed by atoms with E-state index in [0.717, 1.165) is 24.3 Å². The van der Waals surface area contributed by atoms with E-state index in [-0.39, 0.29) is 23.3 Å². The average molecular weight is 421 g/mol. The number of piperazine rings is 1. The number of nitrogens with zero attached hydrogens (tertiary/aromatic N) is 3. The largest absolute Gasteiger partial charge is 0.383 e. The summed E-state index contributed by atoms with van der Waals surface area (Å²) in [6.07, 6.45) is 0. The molecule has 2 saturated heterocycles. The van der Waals surface area contributed by atoms with Crippen molar-refractivity contribution < 1.29 is 14.3 Å². The fraction of sp³-hybridized carbons (Fsp3) is 0.619. The highest BCUT2D eigenvalue weighted by Gasteiger charge is 2.53. The Kier molecular flexibility index (Phi) is 5.59. The lowest BCUT2D eigenvalue weighted by Gasteiger charge is -2.48. The Hall–Kier alpha value is -1.67. The molecule has 2 amide bonds. The Balaban J connectivity index is 1.54. The second kappa shape index (κ2) is 7.87. The summed E-state index contributed by atoms with van der Waals surface area (Å²) in [7, 11) is 1.69. The lowest BCUT2D eigenvalue weighted by molar-refractivity contribution is -0.136. The minimum absolute atomic E-state index is 0.0712. The van der Waals surface area contributed by atoms with E-state index in [1.54, 1.807) is 14.0 Å². The number of carbonyl (C=O) groups is 2. The number of methoxy groups -OCH3 is 1. The monoisotopic (exact) mass is 420 g/mol. The van der Waals surface area contributed by atoms with Crippen LogP contribution in [0, 0.1) is 0 Å². The quantitative estimate of drug-likeness (QED) is 0.790. The molecule has 158 valence electrons. The molecule has 7 nitrogen and oxygen atoms in total. The molecular weight excluding hydrogens is 392 g/mol. The summed E-state index contributed by atoms with van der Waals surface area (Å²) in [4.78, 5) is 31.0. The van der Waals surface area contributed by atoms with Crippen molar-refractivity contribution in [3.63, 3.8) is 0 Å². The third kappa shape index (κ3) is 3.77. The molecule has 1 N–H and O–H groups in total. The maximum Gasteiger partial charge on any atom is 0.241 e. The van der Waals surface area contributed by atoms with Gasteiger partial charge in [-0.15, -0.1) is 0 Å². The van der Waals surface area contributed by atoms with Gasteiger partial charge >= 0.3 is 0 Å². The number of nitrogens with one attached hydrogen (secondary N) is 1. The first-order chi connectivity index (χ1) is 13.8. The molecule has 3 aliphatic heterocycles. The average Bonchev–Trinajstić information content (AvgIpc) is 2.97. The summed E-state index contributed by atoms with van der Waals surface area (Å²) >= 11 is 6.26. The lowest BCUT2D eigenvalue weighted by atomic mass is 9.75. The summed E-state index contributed by atoms with van der Waals surface area (Å²) in [6, 6.07) is 6.28. The highest BCUT2D eigenvalue weighted by molar-refractivity contribution is 6.31. The molecule has 2 atom stereocenters. The lowest BCUT2D eigenvalue weighted by Crippen LogP contribution is -2.63. The van der Waals surface area contributed by atoms with Crippen LogP contribution in [0.3, 0.4) is 0 Å². The van der Waals surface area contributed by atoms with Gasteiger partial charge in [0.2, 0.25) is 11.8 Å². The number of amides is 2. The molecule has 0 aromatic heterocycles. The summed E-state index contributed by atoms with van der Waals surface area (Å²) in [5.41, 5.74) is 1.83. The molecular formula is C21H29ClN4O3. The van der Waals surface area contributed by atoms with Crippen molar-refractivity contribution in [2.45, 2.75) is 31.3 Å². The summed E-state index contributed by atoms with van der Waals surface area (Å²) in [5.74, 6) is 0.148. The van der Waals surface area contributed by atoms with Gasteiger partial charge in [0.1, 0.15) is 0 Å². The second-order valence-corrected chi connectivity index (χ2v) is 9.08. The van der Waals surface area contributed by atoms with Crippen molar-refractivity contribution in [3.05, 3.63) is 28.8 Å². The number of ether oxygens (including phenoxy) is 1. The van der Waals surface area contributed by atoms with Gasteiger partial charge in [-0.25, -0.2) is 0 Å². The SMILES string of the molecule is COC[C@H]1CN[C@H](C)CN1CC(=O)N1CC2(CN(C(C)=O)C2)c2ccc(Cl)cc21. The van der Waals surface area contributed by atoms with Crippen LogP contribution < -0.4 is 10.2 Å². The number of likely N-dealkylation sites (tertiary alicyclic amines) is 1. The van der Waals surface area contributed by atoms with Crippen molar-refractivity contribution >= 4 is 29.1 Å². The smallest absolute Gasteiger partial charge is 0.241 e. The molecule has 1 aromatic rings. The predicted octanol–water partition coefficient (Wildman–Crippen LogP) is 1.10. The van der Waals surface area contributed by atoms with Gasteiger partial charge < -0.3 is 19.9 Å². The molecule has 0 aliphatic carbocycles. The van der Waals surface area contributed by atoms with Gasteiger partial charge in [-0.05, 0) is 24.6 Å². The van der Waals surface area contributed by atoms with E-state index < -0.39 is 0 Å². The Labute approximate surface area is 176 Å². The van der Waals surface area contributed by atoms with Crippen molar-refractivity contribution in [3.8, 4) is 0 Å². The van der Waals surface area contributed by atoms with Crippen LogP contribution in [0.25, 0.3) is 0 Å². The molecule has 0 bridgehead atoms. The molecule has 8 heteroatoms. The van der Waals surface area contributed by atoms with Crippen molar-refractivity contribution in [1.29, 1.82) is 0 Å². The number of rotatable bonds is 4. The van der Waals surface area contributed by atoms with Crippen molar-refractivity contribution in [1.82, 2.24) is 15.1 Å². The van der Waals surface area contributed by atoms with Crippen LogP contribution in [-0.4, -0.2) is 86.7 Å². The number of carbonyl (C=O) groups excluding carboxylic acids is 2. The topological polar surface area (TPSA) is 65.1 Å². The molecule has 1 aromatic carbocycles. The number of halogens is 1. The van der Waals surface area contributed by atoms with E-state index in [2.05, 4.69) is 17.1 Å². The number of benzene rings is 1. The highest BCUT2D eigenvalue weighted by atomic mass is 35.5. The summed E-state index contributed by atoms with van der Waals surface area (Å²) in [5, 5.41) is 4.08. The highest BCUT2D eigenvalue weighted by Crippen LogP contribution is 2.47. The Bertz CT molecular complexity index is 811. The van der Waals surface area contributed by atoms with E-state index >= 15 is 0 Å².